The van der Waals surface area contributed by atoms with E-state index < -0.39 is 5.60 Å². The highest BCUT2D eigenvalue weighted by Gasteiger charge is 2.31. The zero-order valence-electron chi connectivity index (χ0n) is 8.08. The van der Waals surface area contributed by atoms with E-state index in [-0.39, 0.29) is 6.61 Å². The molecule has 4 heteroatoms. The van der Waals surface area contributed by atoms with E-state index in [0.717, 1.165) is 5.71 Å². The van der Waals surface area contributed by atoms with Crippen LogP contribution in [-0.4, -0.2) is 29.6 Å². The Balaban J connectivity index is 2.62. The lowest BCUT2D eigenvalue weighted by molar-refractivity contribution is 0.107. The Kier molecular flexibility index (Phi) is 2.93. The van der Waals surface area contributed by atoms with Crippen molar-refractivity contribution in [2.24, 2.45) is 10.7 Å². The Morgan fingerprint density at radius 3 is 2.77 bits per heavy atom. The lowest BCUT2D eigenvalue weighted by atomic mass is 10.0. The van der Waals surface area contributed by atoms with Crippen molar-refractivity contribution < 1.29 is 9.84 Å². The van der Waals surface area contributed by atoms with E-state index in [9.17, 15) is 0 Å². The summed E-state index contributed by atoms with van der Waals surface area (Å²) >= 11 is 0. The first-order valence-corrected chi connectivity index (χ1v) is 4.38. The number of aliphatic hydroxyl groups is 1. The number of hydrogen-bond acceptors (Lipinski definition) is 4. The van der Waals surface area contributed by atoms with Crippen molar-refractivity contribution in [1.29, 1.82) is 0 Å². The lowest BCUT2D eigenvalue weighted by Crippen LogP contribution is -2.29. The molecule has 1 aliphatic rings. The SMILES string of the molecule is CC1(C)OC(N)=CC1=NCCCO. The van der Waals surface area contributed by atoms with E-state index >= 15 is 0 Å². The molecule has 0 atom stereocenters. The molecule has 0 spiro atoms. The molecule has 0 bridgehead atoms. The van der Waals surface area contributed by atoms with Crippen LogP contribution in [0, 0.1) is 0 Å². The van der Waals surface area contributed by atoms with E-state index in [4.69, 9.17) is 15.6 Å². The van der Waals surface area contributed by atoms with Gasteiger partial charge in [0.1, 0.15) is 5.60 Å². The molecule has 0 fully saturated rings. The van der Waals surface area contributed by atoms with Crippen LogP contribution in [0.3, 0.4) is 0 Å². The highest BCUT2D eigenvalue weighted by atomic mass is 16.5. The summed E-state index contributed by atoms with van der Waals surface area (Å²) in [6, 6.07) is 0. The molecule has 1 rings (SSSR count). The van der Waals surface area contributed by atoms with Gasteiger partial charge in [-0.05, 0) is 20.3 Å². The van der Waals surface area contributed by atoms with Gasteiger partial charge in [-0.15, -0.1) is 0 Å². The normalized spacial score (nSPS) is 23.0. The zero-order valence-corrected chi connectivity index (χ0v) is 8.08. The molecule has 0 unspecified atom stereocenters. The molecular weight excluding hydrogens is 168 g/mol. The van der Waals surface area contributed by atoms with Gasteiger partial charge in [0, 0.05) is 19.2 Å². The van der Waals surface area contributed by atoms with Gasteiger partial charge in [0.25, 0.3) is 0 Å². The summed E-state index contributed by atoms with van der Waals surface area (Å²) in [7, 11) is 0. The van der Waals surface area contributed by atoms with Gasteiger partial charge in [-0.1, -0.05) is 0 Å². The summed E-state index contributed by atoms with van der Waals surface area (Å²) in [6.45, 7) is 4.61. The van der Waals surface area contributed by atoms with Crippen molar-refractivity contribution in [3.05, 3.63) is 12.0 Å². The second-order valence-electron chi connectivity index (χ2n) is 3.50. The maximum Gasteiger partial charge on any atom is 0.187 e. The average Bonchev–Trinajstić information content (AvgIpc) is 2.25. The second kappa shape index (κ2) is 3.79. The second-order valence-corrected chi connectivity index (χ2v) is 3.50. The van der Waals surface area contributed by atoms with Crippen LogP contribution in [0.4, 0.5) is 0 Å². The predicted molar refractivity (Wildman–Crippen MR) is 51.4 cm³/mol. The zero-order chi connectivity index (χ0) is 9.90. The minimum Gasteiger partial charge on any atom is -0.467 e. The maximum absolute atomic E-state index is 8.58. The number of aliphatic imine (C=N–C) groups is 1. The first kappa shape index (κ1) is 10.1. The largest absolute Gasteiger partial charge is 0.467 e. The number of hydrogen-bond donors (Lipinski definition) is 2. The first-order valence-electron chi connectivity index (χ1n) is 4.38. The number of nitrogens with two attached hydrogens (primary N) is 1. The predicted octanol–water partition coefficient (Wildman–Crippen LogP) is 0.419. The van der Waals surface area contributed by atoms with Crippen LogP contribution in [0.25, 0.3) is 0 Å². The summed E-state index contributed by atoms with van der Waals surface area (Å²) in [5.74, 6) is 0.410. The van der Waals surface area contributed by atoms with Crippen LogP contribution in [-0.2, 0) is 4.74 Å². The fourth-order valence-electron chi connectivity index (χ4n) is 1.19. The number of ether oxygens (including phenoxy) is 1. The van der Waals surface area contributed by atoms with Crippen molar-refractivity contribution in [3.8, 4) is 0 Å². The van der Waals surface area contributed by atoms with Crippen molar-refractivity contribution in [1.82, 2.24) is 0 Å². The average molecular weight is 184 g/mol. The first-order chi connectivity index (χ1) is 6.06. The minimum atomic E-state index is -0.417. The molecule has 4 nitrogen and oxygen atoms in total. The molecule has 0 aliphatic carbocycles. The van der Waals surface area contributed by atoms with E-state index in [2.05, 4.69) is 4.99 Å². The third kappa shape index (κ3) is 2.45. The van der Waals surface area contributed by atoms with Gasteiger partial charge in [-0.2, -0.15) is 0 Å². The van der Waals surface area contributed by atoms with E-state index in [0.29, 0.717) is 18.8 Å². The number of rotatable bonds is 3. The molecule has 13 heavy (non-hydrogen) atoms. The molecule has 0 radical (unpaired) electrons. The third-order valence-electron chi connectivity index (χ3n) is 1.87. The van der Waals surface area contributed by atoms with Gasteiger partial charge in [0.05, 0.1) is 5.71 Å². The standard InChI is InChI=1S/C9H16N2O2/c1-9(2)7(6-8(10)13-9)11-4-3-5-12/h6,12H,3-5,10H2,1-2H3. The molecule has 1 heterocycles. The van der Waals surface area contributed by atoms with Crippen LogP contribution in [0.1, 0.15) is 20.3 Å². The van der Waals surface area contributed by atoms with Gasteiger partial charge in [-0.25, -0.2) is 0 Å². The monoisotopic (exact) mass is 184 g/mol. The van der Waals surface area contributed by atoms with Crippen molar-refractivity contribution in [3.63, 3.8) is 0 Å². The Hall–Kier alpha value is -1.03. The molecule has 0 amide bonds. The molecule has 0 aromatic heterocycles. The van der Waals surface area contributed by atoms with E-state index in [1.807, 2.05) is 13.8 Å². The molecule has 3 N–H and O–H groups in total. The summed E-state index contributed by atoms with van der Waals surface area (Å²) in [4.78, 5) is 4.29. The lowest BCUT2D eigenvalue weighted by Gasteiger charge is -2.19. The van der Waals surface area contributed by atoms with Gasteiger partial charge in [-0.3, -0.25) is 4.99 Å². The van der Waals surface area contributed by atoms with Gasteiger partial charge in [0.15, 0.2) is 5.88 Å². The van der Waals surface area contributed by atoms with Crippen LogP contribution < -0.4 is 5.73 Å². The molecule has 0 saturated carbocycles. The molecule has 0 aromatic rings. The number of aliphatic hydroxyl groups excluding tert-OH is 1. The highest BCUT2D eigenvalue weighted by molar-refractivity contribution is 6.03. The third-order valence-corrected chi connectivity index (χ3v) is 1.87. The Morgan fingerprint density at radius 1 is 1.62 bits per heavy atom. The van der Waals surface area contributed by atoms with Gasteiger partial charge < -0.3 is 15.6 Å². The van der Waals surface area contributed by atoms with Crippen LogP contribution in [0.15, 0.2) is 17.0 Å². The molecule has 74 valence electrons. The molecule has 0 aromatic carbocycles. The summed E-state index contributed by atoms with van der Waals surface area (Å²) in [5.41, 5.74) is 5.94. The van der Waals surface area contributed by atoms with Crippen molar-refractivity contribution >= 4 is 5.71 Å². The molecular formula is C9H16N2O2. The topological polar surface area (TPSA) is 67.8 Å². The highest BCUT2D eigenvalue weighted by Crippen LogP contribution is 2.22. The van der Waals surface area contributed by atoms with Crippen LogP contribution in [0.5, 0.6) is 0 Å². The maximum atomic E-state index is 8.58. The number of nitrogens with zero attached hydrogens (tertiary/aromatic N) is 1. The molecule has 0 saturated heterocycles. The van der Waals surface area contributed by atoms with E-state index in [1.165, 1.54) is 0 Å². The Labute approximate surface area is 78.1 Å². The quantitative estimate of drug-likeness (QED) is 0.624. The Bertz CT molecular complexity index is 244. The van der Waals surface area contributed by atoms with Crippen LogP contribution >= 0.6 is 0 Å². The van der Waals surface area contributed by atoms with Crippen molar-refractivity contribution in [2.75, 3.05) is 13.2 Å². The summed E-state index contributed by atoms with van der Waals surface area (Å²) in [6.07, 6.45) is 2.41. The fraction of sp³-hybridized carbons (Fsp3) is 0.667. The van der Waals surface area contributed by atoms with Crippen LogP contribution in [0.2, 0.25) is 0 Å². The minimum absolute atomic E-state index is 0.164. The van der Waals surface area contributed by atoms with Gasteiger partial charge >= 0.3 is 0 Å². The van der Waals surface area contributed by atoms with Gasteiger partial charge in [0.2, 0.25) is 0 Å². The van der Waals surface area contributed by atoms with E-state index in [1.54, 1.807) is 6.08 Å². The Morgan fingerprint density at radius 2 is 2.31 bits per heavy atom. The smallest absolute Gasteiger partial charge is 0.187 e. The molecule has 1 aliphatic heterocycles. The van der Waals surface area contributed by atoms with Crippen molar-refractivity contribution in [2.45, 2.75) is 25.9 Å². The summed E-state index contributed by atoms with van der Waals surface area (Å²) in [5, 5.41) is 8.58. The summed E-state index contributed by atoms with van der Waals surface area (Å²) < 4.78 is 5.34. The fourth-order valence-corrected chi connectivity index (χ4v) is 1.19.